The van der Waals surface area contributed by atoms with Gasteiger partial charge in [-0.05, 0) is 68.8 Å². The number of fused-ring (bicyclic) bond motifs is 1. The highest BCUT2D eigenvalue weighted by Gasteiger charge is 2.24. The van der Waals surface area contributed by atoms with E-state index in [9.17, 15) is 9.18 Å². The molecule has 5 rings (SSSR count). The fourth-order valence-corrected chi connectivity index (χ4v) is 4.76. The lowest BCUT2D eigenvalue weighted by Crippen LogP contribution is -2.47. The fraction of sp³-hybridized carbons (Fsp3) is 0.296. The highest BCUT2D eigenvalue weighted by atomic mass is 19.1. The van der Waals surface area contributed by atoms with Crippen LogP contribution in [0.3, 0.4) is 0 Å². The molecule has 8 heteroatoms. The molecule has 2 aromatic carbocycles. The Morgan fingerprint density at radius 3 is 2.97 bits per heavy atom. The number of pyridine rings is 1. The summed E-state index contributed by atoms with van der Waals surface area (Å²) in [5, 5.41) is 11.6. The molecule has 0 bridgehead atoms. The van der Waals surface area contributed by atoms with Gasteiger partial charge in [0.05, 0.1) is 12.6 Å². The van der Waals surface area contributed by atoms with Gasteiger partial charge in [0.2, 0.25) is 0 Å². The van der Waals surface area contributed by atoms with Gasteiger partial charge in [-0.25, -0.2) is 4.39 Å². The van der Waals surface area contributed by atoms with E-state index in [1.165, 1.54) is 6.07 Å². The van der Waals surface area contributed by atoms with Crippen LogP contribution < -0.4 is 10.1 Å². The van der Waals surface area contributed by atoms with E-state index >= 15 is 0 Å². The zero-order valence-electron chi connectivity index (χ0n) is 19.8. The van der Waals surface area contributed by atoms with E-state index < -0.39 is 0 Å². The summed E-state index contributed by atoms with van der Waals surface area (Å²) in [6, 6.07) is 14.3. The van der Waals surface area contributed by atoms with Crippen molar-refractivity contribution in [2.24, 2.45) is 0 Å². The normalized spacial score (nSPS) is 16.4. The lowest BCUT2D eigenvalue weighted by Gasteiger charge is -2.33. The molecule has 0 saturated carbocycles. The third-order valence-corrected chi connectivity index (χ3v) is 6.51. The Morgan fingerprint density at radius 2 is 2.14 bits per heavy atom. The molecule has 1 aliphatic rings. The number of amides is 1. The molecular formula is C27H28FN5O2. The van der Waals surface area contributed by atoms with Crippen LogP contribution in [-0.2, 0) is 6.54 Å². The minimum Gasteiger partial charge on any atom is -0.496 e. The smallest absolute Gasteiger partial charge is 0.251 e. The lowest BCUT2D eigenvalue weighted by atomic mass is 10.0. The van der Waals surface area contributed by atoms with Crippen molar-refractivity contribution in [1.82, 2.24) is 25.4 Å². The van der Waals surface area contributed by atoms with Crippen LogP contribution in [0.5, 0.6) is 5.75 Å². The summed E-state index contributed by atoms with van der Waals surface area (Å²) in [4.78, 5) is 19.6. The Kier molecular flexibility index (Phi) is 6.46. The molecule has 1 saturated heterocycles. The summed E-state index contributed by atoms with van der Waals surface area (Å²) in [6.07, 6.45) is 3.56. The molecule has 1 aliphatic heterocycles. The van der Waals surface area contributed by atoms with Crippen molar-refractivity contribution < 1.29 is 13.9 Å². The minimum atomic E-state index is -0.274. The van der Waals surface area contributed by atoms with Crippen molar-refractivity contribution in [2.45, 2.75) is 32.4 Å². The third-order valence-electron chi connectivity index (χ3n) is 6.51. The summed E-state index contributed by atoms with van der Waals surface area (Å²) in [7, 11) is 1.55. The van der Waals surface area contributed by atoms with Crippen LogP contribution in [0.15, 0.2) is 54.7 Å². The summed E-state index contributed by atoms with van der Waals surface area (Å²) in [5.74, 6) is 0.147. The van der Waals surface area contributed by atoms with E-state index in [0.717, 1.165) is 47.2 Å². The van der Waals surface area contributed by atoms with Crippen LogP contribution in [0.2, 0.25) is 0 Å². The number of carbonyl (C=O) groups excluding carboxylic acids is 1. The largest absolute Gasteiger partial charge is 0.496 e. The Bertz CT molecular complexity index is 1370. The van der Waals surface area contributed by atoms with E-state index in [4.69, 9.17) is 4.74 Å². The standard InChI is InChI=1S/C27H28FN5O2/c1-17-13-18(10-11-29-17)26-21-14-19(8-9-24(21)31-32-26)27(34)30-20-5-4-12-33(15-20)16-22-23(28)6-3-7-25(22)35-2/h3,6-11,13-14,20H,4-5,12,15-16H2,1-2H3,(H,30,34)(H,31,32)/t20-/m1/s1. The Hall–Kier alpha value is -3.78. The average Bonchev–Trinajstić information content (AvgIpc) is 3.29. The van der Waals surface area contributed by atoms with Crippen LogP contribution in [0.1, 0.15) is 34.5 Å². The second-order valence-electron chi connectivity index (χ2n) is 8.99. The number of piperidine rings is 1. The van der Waals surface area contributed by atoms with E-state index in [-0.39, 0.29) is 17.8 Å². The third kappa shape index (κ3) is 4.88. The predicted molar refractivity (Wildman–Crippen MR) is 133 cm³/mol. The summed E-state index contributed by atoms with van der Waals surface area (Å²) in [5.41, 5.74) is 4.65. The van der Waals surface area contributed by atoms with Gasteiger partial charge >= 0.3 is 0 Å². The molecule has 3 heterocycles. The number of ether oxygens (including phenoxy) is 1. The van der Waals surface area contributed by atoms with Gasteiger partial charge in [0.1, 0.15) is 17.3 Å². The molecule has 4 aromatic rings. The number of H-pyrrole nitrogens is 1. The number of nitrogens with zero attached hydrogens (tertiary/aromatic N) is 3. The number of aryl methyl sites for hydroxylation is 1. The quantitative estimate of drug-likeness (QED) is 0.432. The first-order chi connectivity index (χ1) is 17.0. The van der Waals surface area contributed by atoms with Gasteiger partial charge in [-0.3, -0.25) is 19.8 Å². The molecule has 0 aliphatic carbocycles. The number of aromatic nitrogens is 3. The zero-order chi connectivity index (χ0) is 24.4. The molecular weight excluding hydrogens is 445 g/mol. The van der Waals surface area contributed by atoms with E-state index in [1.54, 1.807) is 25.4 Å². The highest BCUT2D eigenvalue weighted by Crippen LogP contribution is 2.28. The first-order valence-corrected chi connectivity index (χ1v) is 11.8. The van der Waals surface area contributed by atoms with E-state index in [0.29, 0.717) is 30.0 Å². The number of halogens is 1. The molecule has 1 amide bonds. The van der Waals surface area contributed by atoms with Crippen LogP contribution in [-0.4, -0.2) is 52.2 Å². The maximum absolute atomic E-state index is 14.4. The molecule has 2 N–H and O–H groups in total. The fourth-order valence-electron chi connectivity index (χ4n) is 4.76. The number of nitrogens with one attached hydrogen (secondary N) is 2. The van der Waals surface area contributed by atoms with Crippen molar-refractivity contribution in [3.05, 3.63) is 77.4 Å². The topological polar surface area (TPSA) is 83.1 Å². The second-order valence-corrected chi connectivity index (χ2v) is 8.99. The average molecular weight is 474 g/mol. The number of rotatable bonds is 6. The van der Waals surface area contributed by atoms with E-state index in [2.05, 4.69) is 25.4 Å². The van der Waals surface area contributed by atoms with Crippen LogP contribution in [0, 0.1) is 12.7 Å². The maximum Gasteiger partial charge on any atom is 0.251 e. The monoisotopic (exact) mass is 473 g/mol. The Labute approximate surface area is 203 Å². The van der Waals surface area contributed by atoms with Gasteiger partial charge in [0.25, 0.3) is 5.91 Å². The van der Waals surface area contributed by atoms with Crippen LogP contribution in [0.25, 0.3) is 22.2 Å². The van der Waals surface area contributed by atoms with Gasteiger partial charge in [0.15, 0.2) is 0 Å². The number of methoxy groups -OCH3 is 1. The Balaban J connectivity index is 1.30. The zero-order valence-corrected chi connectivity index (χ0v) is 19.8. The second kappa shape index (κ2) is 9.84. The molecule has 7 nitrogen and oxygen atoms in total. The SMILES string of the molecule is COc1cccc(F)c1CN1CCC[C@@H](NC(=O)c2ccc3[nH]nc(-c4ccnc(C)c4)c3c2)C1. The van der Waals surface area contributed by atoms with Crippen molar-refractivity contribution in [3.63, 3.8) is 0 Å². The van der Waals surface area contributed by atoms with Gasteiger partial charge in [0, 0.05) is 53.1 Å². The predicted octanol–water partition coefficient (Wildman–Crippen LogP) is 4.48. The van der Waals surface area contributed by atoms with Crippen molar-refractivity contribution >= 4 is 16.8 Å². The number of hydrogen-bond donors (Lipinski definition) is 2. The minimum absolute atomic E-state index is 0.0172. The number of hydrogen-bond acceptors (Lipinski definition) is 5. The highest BCUT2D eigenvalue weighted by molar-refractivity contribution is 6.01. The molecule has 35 heavy (non-hydrogen) atoms. The molecule has 180 valence electrons. The first kappa shape index (κ1) is 23.0. The van der Waals surface area contributed by atoms with Gasteiger partial charge in [-0.2, -0.15) is 5.10 Å². The van der Waals surface area contributed by atoms with Crippen LogP contribution >= 0.6 is 0 Å². The molecule has 2 aromatic heterocycles. The number of carbonyl (C=O) groups is 1. The number of aromatic amines is 1. The molecule has 1 atom stereocenters. The van der Waals surface area contributed by atoms with E-state index in [1.807, 2.05) is 37.3 Å². The van der Waals surface area contributed by atoms with Gasteiger partial charge in [-0.1, -0.05) is 6.07 Å². The lowest BCUT2D eigenvalue weighted by molar-refractivity contribution is 0.0899. The first-order valence-electron chi connectivity index (χ1n) is 11.8. The van der Waals surface area contributed by atoms with Crippen molar-refractivity contribution in [2.75, 3.05) is 20.2 Å². The summed E-state index contributed by atoms with van der Waals surface area (Å²) >= 11 is 0. The maximum atomic E-state index is 14.4. The number of benzene rings is 2. The van der Waals surface area contributed by atoms with Crippen molar-refractivity contribution in [1.29, 1.82) is 0 Å². The van der Waals surface area contributed by atoms with Gasteiger partial charge < -0.3 is 10.1 Å². The van der Waals surface area contributed by atoms with Gasteiger partial charge in [-0.15, -0.1) is 0 Å². The van der Waals surface area contributed by atoms with Crippen molar-refractivity contribution in [3.8, 4) is 17.0 Å². The molecule has 1 fully saturated rings. The molecule has 0 spiro atoms. The summed E-state index contributed by atoms with van der Waals surface area (Å²) < 4.78 is 19.8. The molecule has 0 unspecified atom stereocenters. The van der Waals surface area contributed by atoms with Crippen LogP contribution in [0.4, 0.5) is 4.39 Å². The molecule has 0 radical (unpaired) electrons. The Morgan fingerprint density at radius 1 is 1.26 bits per heavy atom. The number of likely N-dealkylation sites (tertiary alicyclic amines) is 1. The summed E-state index contributed by atoms with van der Waals surface area (Å²) in [6.45, 7) is 3.88.